The SMILES string of the molecule is CC/C=C/CSC1C2CCC(C2)C1CCCCCCC(=O)O. The van der Waals surface area contributed by atoms with Gasteiger partial charge in [-0.3, -0.25) is 4.79 Å². The third kappa shape index (κ3) is 5.33. The predicted molar refractivity (Wildman–Crippen MR) is 95.3 cm³/mol. The fourth-order valence-electron chi connectivity index (χ4n) is 4.43. The van der Waals surface area contributed by atoms with Crippen LogP contribution in [0.3, 0.4) is 0 Å². The van der Waals surface area contributed by atoms with Gasteiger partial charge in [-0.15, -0.1) is 0 Å². The molecular formula is C19H32O2S. The van der Waals surface area contributed by atoms with E-state index in [4.69, 9.17) is 5.11 Å². The zero-order valence-electron chi connectivity index (χ0n) is 14.0. The van der Waals surface area contributed by atoms with Gasteiger partial charge in [0.2, 0.25) is 0 Å². The van der Waals surface area contributed by atoms with Gasteiger partial charge in [-0.05, 0) is 56.3 Å². The Kier molecular flexibility index (Phi) is 7.85. The number of hydrogen-bond acceptors (Lipinski definition) is 2. The maximum atomic E-state index is 10.5. The largest absolute Gasteiger partial charge is 0.481 e. The normalized spacial score (nSPS) is 30.4. The first-order valence-electron chi connectivity index (χ1n) is 9.20. The summed E-state index contributed by atoms with van der Waals surface area (Å²) in [6.07, 6.45) is 16.4. The van der Waals surface area contributed by atoms with Gasteiger partial charge < -0.3 is 5.11 Å². The van der Waals surface area contributed by atoms with Crippen LogP contribution < -0.4 is 0 Å². The second-order valence-corrected chi connectivity index (χ2v) is 8.23. The molecule has 0 aromatic rings. The molecule has 2 nitrogen and oxygen atoms in total. The number of carbonyl (C=O) groups is 1. The molecule has 0 amide bonds. The number of rotatable bonds is 11. The second kappa shape index (κ2) is 9.64. The number of carboxylic acids is 1. The molecule has 4 unspecified atom stereocenters. The molecule has 2 rings (SSSR count). The lowest BCUT2D eigenvalue weighted by Crippen LogP contribution is -2.25. The van der Waals surface area contributed by atoms with E-state index in [1.54, 1.807) is 0 Å². The van der Waals surface area contributed by atoms with Crippen LogP contribution in [0.2, 0.25) is 0 Å². The summed E-state index contributed by atoms with van der Waals surface area (Å²) in [6.45, 7) is 2.20. The Morgan fingerprint density at radius 1 is 1.14 bits per heavy atom. The minimum atomic E-state index is -0.648. The number of carboxylic acid groups (broad SMARTS) is 1. The first-order valence-corrected chi connectivity index (χ1v) is 10.3. The van der Waals surface area contributed by atoms with Crippen LogP contribution in [0.4, 0.5) is 0 Å². The molecule has 0 heterocycles. The number of aliphatic carboxylic acids is 1. The Balaban J connectivity index is 1.66. The molecule has 0 aliphatic heterocycles. The van der Waals surface area contributed by atoms with Gasteiger partial charge >= 0.3 is 5.97 Å². The molecule has 0 aromatic carbocycles. The Bertz CT molecular complexity index is 366. The summed E-state index contributed by atoms with van der Waals surface area (Å²) in [6, 6.07) is 0. The van der Waals surface area contributed by atoms with E-state index < -0.39 is 5.97 Å². The maximum absolute atomic E-state index is 10.5. The topological polar surface area (TPSA) is 37.3 Å². The van der Waals surface area contributed by atoms with Crippen molar-refractivity contribution >= 4 is 17.7 Å². The van der Waals surface area contributed by atoms with Crippen molar-refractivity contribution in [2.24, 2.45) is 17.8 Å². The molecule has 2 saturated carbocycles. The third-order valence-electron chi connectivity index (χ3n) is 5.47. The van der Waals surface area contributed by atoms with E-state index in [9.17, 15) is 4.79 Å². The second-order valence-electron chi connectivity index (χ2n) is 7.02. The summed E-state index contributed by atoms with van der Waals surface area (Å²) < 4.78 is 0. The van der Waals surface area contributed by atoms with Crippen molar-refractivity contribution in [2.45, 2.75) is 76.4 Å². The van der Waals surface area contributed by atoms with Gasteiger partial charge in [0.25, 0.3) is 0 Å². The molecule has 2 aliphatic carbocycles. The highest BCUT2D eigenvalue weighted by Crippen LogP contribution is 2.54. The van der Waals surface area contributed by atoms with E-state index in [-0.39, 0.29) is 0 Å². The summed E-state index contributed by atoms with van der Waals surface area (Å²) in [5, 5.41) is 9.56. The highest BCUT2D eigenvalue weighted by Gasteiger charge is 2.46. The lowest BCUT2D eigenvalue weighted by atomic mass is 9.84. The van der Waals surface area contributed by atoms with Gasteiger partial charge in [0.15, 0.2) is 0 Å². The number of hydrogen-bond donors (Lipinski definition) is 1. The van der Waals surface area contributed by atoms with E-state index >= 15 is 0 Å². The predicted octanol–water partition coefficient (Wildman–Crippen LogP) is 5.53. The minimum absolute atomic E-state index is 0.344. The molecule has 2 aliphatic rings. The van der Waals surface area contributed by atoms with Gasteiger partial charge in [0, 0.05) is 17.4 Å². The number of allylic oxidation sites excluding steroid dienone is 1. The molecule has 0 radical (unpaired) electrons. The molecule has 126 valence electrons. The third-order valence-corrected chi connectivity index (χ3v) is 6.98. The highest BCUT2D eigenvalue weighted by molar-refractivity contribution is 8.00. The molecule has 0 aromatic heterocycles. The van der Waals surface area contributed by atoms with Crippen molar-refractivity contribution < 1.29 is 9.90 Å². The van der Waals surface area contributed by atoms with E-state index in [0.29, 0.717) is 6.42 Å². The molecule has 2 fully saturated rings. The van der Waals surface area contributed by atoms with Crippen LogP contribution in [-0.2, 0) is 4.79 Å². The van der Waals surface area contributed by atoms with E-state index in [1.165, 1.54) is 44.3 Å². The summed E-state index contributed by atoms with van der Waals surface area (Å²) in [5.74, 6) is 3.47. The molecular weight excluding hydrogens is 292 g/mol. The maximum Gasteiger partial charge on any atom is 0.303 e. The van der Waals surface area contributed by atoms with Crippen molar-refractivity contribution in [3.05, 3.63) is 12.2 Å². The van der Waals surface area contributed by atoms with Gasteiger partial charge in [0.05, 0.1) is 0 Å². The summed E-state index contributed by atoms with van der Waals surface area (Å²) in [7, 11) is 0. The van der Waals surface area contributed by atoms with Crippen molar-refractivity contribution in [2.75, 3.05) is 5.75 Å². The Labute approximate surface area is 140 Å². The zero-order chi connectivity index (χ0) is 15.8. The standard InChI is InChI=1S/C19H32O2S/c1-2-3-8-13-22-19-16-12-11-15(14-16)17(19)9-6-4-5-7-10-18(20)21/h3,8,15-17,19H,2,4-7,9-14H2,1H3,(H,20,21)/b8-3+. The average Bonchev–Trinajstić information content (AvgIpc) is 3.08. The van der Waals surface area contributed by atoms with E-state index in [1.807, 2.05) is 0 Å². The molecule has 1 N–H and O–H groups in total. The van der Waals surface area contributed by atoms with Crippen LogP contribution >= 0.6 is 11.8 Å². The van der Waals surface area contributed by atoms with Crippen molar-refractivity contribution in [1.82, 2.24) is 0 Å². The molecule has 22 heavy (non-hydrogen) atoms. The van der Waals surface area contributed by atoms with E-state index in [0.717, 1.165) is 42.3 Å². The quantitative estimate of drug-likeness (QED) is 0.401. The average molecular weight is 325 g/mol. The van der Waals surface area contributed by atoms with Crippen LogP contribution in [0.5, 0.6) is 0 Å². The Hall–Kier alpha value is -0.440. The molecule has 3 heteroatoms. The smallest absolute Gasteiger partial charge is 0.303 e. The summed E-state index contributed by atoms with van der Waals surface area (Å²) in [4.78, 5) is 10.5. The van der Waals surface area contributed by atoms with E-state index in [2.05, 4.69) is 30.8 Å². The highest BCUT2D eigenvalue weighted by atomic mass is 32.2. The van der Waals surface area contributed by atoms with Gasteiger partial charge in [-0.2, -0.15) is 11.8 Å². The minimum Gasteiger partial charge on any atom is -0.481 e. The van der Waals surface area contributed by atoms with Crippen LogP contribution in [0.25, 0.3) is 0 Å². The molecule has 0 spiro atoms. The fourth-order valence-corrected chi connectivity index (χ4v) is 6.02. The van der Waals surface area contributed by atoms with Gasteiger partial charge in [0.1, 0.15) is 0 Å². The summed E-state index contributed by atoms with van der Waals surface area (Å²) >= 11 is 2.20. The Morgan fingerprint density at radius 2 is 1.91 bits per heavy atom. The van der Waals surface area contributed by atoms with Crippen LogP contribution in [0, 0.1) is 17.8 Å². The first-order chi connectivity index (χ1) is 10.7. The monoisotopic (exact) mass is 324 g/mol. The van der Waals surface area contributed by atoms with Crippen LogP contribution in [-0.4, -0.2) is 22.1 Å². The van der Waals surface area contributed by atoms with Crippen LogP contribution in [0.15, 0.2) is 12.2 Å². The van der Waals surface area contributed by atoms with Crippen molar-refractivity contribution in [1.29, 1.82) is 0 Å². The molecule has 0 saturated heterocycles. The van der Waals surface area contributed by atoms with Crippen molar-refractivity contribution in [3.8, 4) is 0 Å². The molecule has 4 atom stereocenters. The first kappa shape index (κ1) is 17.9. The lowest BCUT2D eigenvalue weighted by Gasteiger charge is -2.30. The zero-order valence-corrected chi connectivity index (χ0v) is 14.8. The van der Waals surface area contributed by atoms with Crippen LogP contribution in [0.1, 0.15) is 71.1 Å². The number of fused-ring (bicyclic) bond motifs is 2. The van der Waals surface area contributed by atoms with Gasteiger partial charge in [-0.1, -0.05) is 38.3 Å². The number of thioether (sulfide) groups is 1. The van der Waals surface area contributed by atoms with Crippen molar-refractivity contribution in [3.63, 3.8) is 0 Å². The van der Waals surface area contributed by atoms with Gasteiger partial charge in [-0.25, -0.2) is 0 Å². The molecule has 2 bridgehead atoms. The lowest BCUT2D eigenvalue weighted by molar-refractivity contribution is -0.137. The Morgan fingerprint density at radius 3 is 2.68 bits per heavy atom. The fraction of sp³-hybridized carbons (Fsp3) is 0.842. The number of unbranched alkanes of at least 4 members (excludes halogenated alkanes) is 3. The summed E-state index contributed by atoms with van der Waals surface area (Å²) in [5.41, 5.74) is 0.